The zero-order valence-electron chi connectivity index (χ0n) is 46.1. The predicted octanol–water partition coefficient (Wildman–Crippen LogP) is 22.6. The summed E-state index contributed by atoms with van der Waals surface area (Å²) in [4.78, 5) is 5.11. The van der Waals surface area contributed by atoms with Crippen molar-refractivity contribution < 1.29 is 0 Å². The van der Waals surface area contributed by atoms with Gasteiger partial charge in [0.1, 0.15) is 0 Å². The third-order valence-electron chi connectivity index (χ3n) is 19.4. The van der Waals surface area contributed by atoms with E-state index in [9.17, 15) is 0 Å². The molecular weight excluding hydrogens is 1010 g/mol. The zero-order chi connectivity index (χ0) is 54.7. The van der Waals surface area contributed by atoms with E-state index in [1.807, 2.05) is 0 Å². The number of rotatable bonds is 4. The third-order valence-corrected chi connectivity index (χ3v) is 19.4. The first-order valence-corrected chi connectivity index (χ1v) is 29.8. The van der Waals surface area contributed by atoms with Gasteiger partial charge in [-0.3, -0.25) is 0 Å². The molecule has 0 fully saturated rings. The van der Waals surface area contributed by atoms with Crippen LogP contribution in [0.15, 0.2) is 267 Å². The van der Waals surface area contributed by atoms with Crippen LogP contribution >= 0.6 is 0 Å². The van der Waals surface area contributed by atoms with E-state index in [4.69, 9.17) is 0 Å². The zero-order valence-corrected chi connectivity index (χ0v) is 46.1. The van der Waals surface area contributed by atoms with E-state index in [1.165, 1.54) is 175 Å². The Morgan fingerprint density at radius 2 is 0.488 bits per heavy atom. The molecule has 0 saturated carbocycles. The lowest BCUT2D eigenvalue weighted by Gasteiger charge is -2.29. The van der Waals surface area contributed by atoms with Gasteiger partial charge in [-0.05, 0) is 226 Å². The molecule has 0 aromatic heterocycles. The summed E-state index contributed by atoms with van der Waals surface area (Å²) in [6, 6.07) is 102. The van der Waals surface area contributed by atoms with E-state index in [2.05, 4.69) is 277 Å². The van der Waals surface area contributed by atoms with Gasteiger partial charge in [0.05, 0.1) is 0 Å². The fourth-order valence-electron chi connectivity index (χ4n) is 15.9. The van der Waals surface area contributed by atoms with Crippen molar-refractivity contribution in [1.29, 1.82) is 0 Å². The first-order chi connectivity index (χ1) is 41.7. The molecule has 0 atom stereocenters. The summed E-state index contributed by atoms with van der Waals surface area (Å²) < 4.78 is 0. The van der Waals surface area contributed by atoms with Gasteiger partial charge in [0.15, 0.2) is 0 Å². The fraction of sp³-hybridized carbons (Fsp3) is 0.0488. The topological polar surface area (TPSA) is 6.48 Å². The number of aryl methyl sites for hydroxylation is 4. The maximum atomic E-state index is 2.55. The number of hydrogen-bond donors (Lipinski definition) is 0. The minimum Gasteiger partial charge on any atom is -0.310 e. The second-order valence-corrected chi connectivity index (χ2v) is 23.6. The van der Waals surface area contributed by atoms with Gasteiger partial charge >= 0.3 is 0 Å². The molecule has 19 rings (SSSR count). The van der Waals surface area contributed by atoms with E-state index in [0.717, 1.165) is 37.1 Å². The van der Waals surface area contributed by atoms with Crippen LogP contribution < -0.4 is 9.80 Å². The fourth-order valence-corrected chi connectivity index (χ4v) is 15.9. The average molecular weight is 1070 g/mol. The Labute approximate surface area is 486 Å². The monoisotopic (exact) mass is 1060 g/mol. The van der Waals surface area contributed by atoms with E-state index in [-0.39, 0.29) is 0 Å². The van der Waals surface area contributed by atoms with E-state index in [0.29, 0.717) is 0 Å². The summed E-state index contributed by atoms with van der Waals surface area (Å²) >= 11 is 0. The molecule has 0 radical (unpaired) electrons. The van der Waals surface area contributed by atoms with Gasteiger partial charge in [-0.15, -0.1) is 0 Å². The first-order valence-electron chi connectivity index (χ1n) is 29.8. The van der Waals surface area contributed by atoms with Crippen LogP contribution in [-0.4, -0.2) is 0 Å². The molecule has 0 aliphatic carbocycles. The summed E-state index contributed by atoms with van der Waals surface area (Å²) in [5, 5.41) is 25.6. The number of benzene rings is 17. The van der Waals surface area contributed by atoms with Crippen LogP contribution in [-0.2, 0) is 25.7 Å². The molecule has 2 aliphatic rings. The highest BCUT2D eigenvalue weighted by molar-refractivity contribution is 6.38. The molecule has 0 unspecified atom stereocenters. The van der Waals surface area contributed by atoms with E-state index < -0.39 is 0 Å². The number of anilines is 6. The largest absolute Gasteiger partial charge is 0.310 e. The smallest absolute Gasteiger partial charge is 0.0493 e. The molecule has 390 valence electrons. The predicted molar refractivity (Wildman–Crippen MR) is 359 cm³/mol. The Hall–Kier alpha value is -10.5. The molecule has 2 heteroatoms. The highest BCUT2D eigenvalue weighted by Crippen LogP contribution is 2.54. The summed E-state index contributed by atoms with van der Waals surface area (Å²) in [6.07, 6.45) is 3.92. The van der Waals surface area contributed by atoms with Crippen LogP contribution in [0.3, 0.4) is 0 Å². The first kappa shape index (κ1) is 46.1. The van der Waals surface area contributed by atoms with Crippen LogP contribution in [0, 0.1) is 0 Å². The molecule has 84 heavy (non-hydrogen) atoms. The van der Waals surface area contributed by atoms with Crippen molar-refractivity contribution in [2.45, 2.75) is 25.7 Å². The normalized spacial score (nSPS) is 13.5. The SMILES string of the molecule is c1ccc2c(c1)CCc1ccccc1N2c1ccc2c(-c3ccc4c5cccc6cccc(c7cccc3c74)c65)c3cc(N4c5ccccc5CCc5ccccc54)ccc3c(-c3ccc4c5cccc6cccc(c7cccc3c74)c65)c2c1. The quantitative estimate of drug-likeness (QED) is 0.128. The van der Waals surface area contributed by atoms with E-state index >= 15 is 0 Å². The molecule has 2 heterocycles. The van der Waals surface area contributed by atoms with Gasteiger partial charge in [-0.1, -0.05) is 218 Å². The van der Waals surface area contributed by atoms with Gasteiger partial charge in [-0.2, -0.15) is 0 Å². The standard InChI is InChI=1S/C82H52N2/c1-5-31-73-49(15-1)35-36-50-16-2-6-32-74(50)83(73)55-39-41-69-71(47-55)81(67-45-43-65-59-25-11-21-53-19-9-23-57(77(53)59)61-27-13-29-63(67)79(61)65)70-42-40-56(84-75-33-7-3-17-51(75)37-38-52-18-4-8-34-76(52)84)48-72(70)82(69)68-46-44-66-60-26-12-22-54-20-10-24-58(78(54)60)62-28-14-30-64(68)80(62)66/h1-34,39-48H,35-38H2. The molecule has 2 nitrogen and oxygen atoms in total. The van der Waals surface area contributed by atoms with Crippen molar-refractivity contribution in [1.82, 2.24) is 0 Å². The summed E-state index contributed by atoms with van der Waals surface area (Å²) in [7, 11) is 0. The number of para-hydroxylation sites is 4. The Kier molecular flexibility index (Phi) is 9.60. The Morgan fingerprint density at radius 1 is 0.202 bits per heavy atom. The molecule has 0 spiro atoms. The van der Waals surface area contributed by atoms with Crippen molar-refractivity contribution in [3.05, 3.63) is 289 Å². The maximum absolute atomic E-state index is 2.55. The third kappa shape index (κ3) is 6.40. The molecule has 17 aromatic carbocycles. The molecule has 0 saturated heterocycles. The summed E-state index contributed by atoms with van der Waals surface area (Å²) in [5.74, 6) is 0. The number of hydrogen-bond acceptors (Lipinski definition) is 2. The van der Waals surface area contributed by atoms with Crippen LogP contribution in [0.5, 0.6) is 0 Å². The van der Waals surface area contributed by atoms with Crippen LogP contribution in [0.4, 0.5) is 34.1 Å². The van der Waals surface area contributed by atoms with Crippen molar-refractivity contribution in [3.8, 4) is 22.3 Å². The molecule has 17 aromatic rings. The Bertz CT molecular complexity index is 5100. The highest BCUT2D eigenvalue weighted by Gasteiger charge is 2.29. The second-order valence-electron chi connectivity index (χ2n) is 23.6. The molecule has 0 N–H and O–H groups in total. The lowest BCUT2D eigenvalue weighted by molar-refractivity contribution is 0.977. The lowest BCUT2D eigenvalue weighted by Crippen LogP contribution is -2.12. The van der Waals surface area contributed by atoms with Crippen molar-refractivity contribution in [2.75, 3.05) is 9.80 Å². The van der Waals surface area contributed by atoms with Crippen LogP contribution in [0.1, 0.15) is 22.3 Å². The van der Waals surface area contributed by atoms with Gasteiger partial charge in [0.25, 0.3) is 0 Å². The number of nitrogens with zero attached hydrogens (tertiary/aromatic N) is 2. The van der Waals surface area contributed by atoms with Crippen molar-refractivity contribution >= 4 is 142 Å². The summed E-state index contributed by atoms with van der Waals surface area (Å²) in [6.45, 7) is 0. The lowest BCUT2D eigenvalue weighted by atomic mass is 9.81. The van der Waals surface area contributed by atoms with Crippen LogP contribution in [0.2, 0.25) is 0 Å². The average Bonchev–Trinajstić information content (AvgIpc) is 2.38. The maximum Gasteiger partial charge on any atom is 0.0493 e. The van der Waals surface area contributed by atoms with Gasteiger partial charge < -0.3 is 9.80 Å². The molecular formula is C82H52N2. The highest BCUT2D eigenvalue weighted by atomic mass is 15.2. The second kappa shape index (κ2) is 17.5. The van der Waals surface area contributed by atoms with Crippen molar-refractivity contribution in [2.24, 2.45) is 0 Å². The van der Waals surface area contributed by atoms with Gasteiger partial charge in [0.2, 0.25) is 0 Å². The minimum atomic E-state index is 0.979. The Morgan fingerprint density at radius 3 is 0.845 bits per heavy atom. The molecule has 2 aliphatic heterocycles. The van der Waals surface area contributed by atoms with E-state index in [1.54, 1.807) is 0 Å². The molecule has 0 bridgehead atoms. The minimum absolute atomic E-state index is 0.979. The Balaban J connectivity index is 0.994. The van der Waals surface area contributed by atoms with Gasteiger partial charge in [-0.25, -0.2) is 0 Å². The van der Waals surface area contributed by atoms with Crippen molar-refractivity contribution in [3.63, 3.8) is 0 Å². The van der Waals surface area contributed by atoms with Gasteiger partial charge in [0, 0.05) is 34.1 Å². The summed E-state index contributed by atoms with van der Waals surface area (Å²) in [5.41, 5.74) is 17.6. The van der Waals surface area contributed by atoms with Crippen LogP contribution in [0.25, 0.3) is 130 Å². The number of fused-ring (bicyclic) bond motifs is 10. The molecule has 0 amide bonds.